The summed E-state index contributed by atoms with van der Waals surface area (Å²) < 4.78 is 26.5. The van der Waals surface area contributed by atoms with Crippen LogP contribution in [0.25, 0.3) is 0 Å². The molecule has 0 amide bonds. The first-order valence-corrected chi connectivity index (χ1v) is 17.3. The van der Waals surface area contributed by atoms with Crippen LogP contribution in [-0.4, -0.2) is 46.4 Å². The van der Waals surface area contributed by atoms with Crippen LogP contribution >= 0.6 is 0 Å². The molecule has 5 heteroatoms. The van der Waals surface area contributed by atoms with Crippen LogP contribution in [0.3, 0.4) is 0 Å². The van der Waals surface area contributed by atoms with Crippen LogP contribution in [0.4, 0.5) is 0 Å². The van der Waals surface area contributed by atoms with Crippen LogP contribution < -0.4 is 10.4 Å². The van der Waals surface area contributed by atoms with Crippen molar-refractivity contribution in [3.63, 3.8) is 0 Å². The Kier molecular flexibility index (Phi) is 11.8. The van der Waals surface area contributed by atoms with E-state index in [0.29, 0.717) is 32.3 Å². The highest BCUT2D eigenvalue weighted by Gasteiger charge is 2.50. The Labute approximate surface area is 249 Å². The number of ether oxygens (including phenoxy) is 3. The van der Waals surface area contributed by atoms with Gasteiger partial charge in [-0.3, -0.25) is 0 Å². The van der Waals surface area contributed by atoms with Crippen molar-refractivity contribution in [3.05, 3.63) is 96.6 Å². The summed E-state index contributed by atoms with van der Waals surface area (Å²) in [5.74, 6) is 0.441. The lowest BCUT2D eigenvalue weighted by molar-refractivity contribution is -0.0941. The molecular weight excluding hydrogens is 524 g/mol. The minimum atomic E-state index is -2.65. The monoisotopic (exact) mass is 574 g/mol. The van der Waals surface area contributed by atoms with Gasteiger partial charge in [0, 0.05) is 6.61 Å². The lowest BCUT2D eigenvalue weighted by atomic mass is 9.95. The van der Waals surface area contributed by atoms with Gasteiger partial charge in [0.1, 0.15) is 6.10 Å². The van der Waals surface area contributed by atoms with Crippen molar-refractivity contribution < 1.29 is 18.6 Å². The third kappa shape index (κ3) is 8.85. The van der Waals surface area contributed by atoms with E-state index in [1.54, 1.807) is 0 Å². The molecule has 0 bridgehead atoms. The second kappa shape index (κ2) is 15.3. The van der Waals surface area contributed by atoms with Crippen molar-refractivity contribution in [3.8, 4) is 0 Å². The summed E-state index contributed by atoms with van der Waals surface area (Å²) in [6, 6.07) is 32.1. The molecule has 0 radical (unpaired) electrons. The van der Waals surface area contributed by atoms with Crippen LogP contribution in [0.2, 0.25) is 5.04 Å². The number of benzene rings is 3. The molecule has 0 aliphatic heterocycles. The Balaban J connectivity index is 1.45. The molecule has 1 saturated carbocycles. The molecule has 4 nitrogen and oxygen atoms in total. The molecular formula is C36H50O4Si. The Morgan fingerprint density at radius 1 is 0.707 bits per heavy atom. The molecule has 0 spiro atoms. The first-order chi connectivity index (χ1) is 19.8. The highest BCUT2D eigenvalue weighted by atomic mass is 28.4. The van der Waals surface area contributed by atoms with E-state index in [2.05, 4.69) is 120 Å². The zero-order valence-electron chi connectivity index (χ0n) is 25.8. The third-order valence-electron chi connectivity index (χ3n) is 7.99. The van der Waals surface area contributed by atoms with Gasteiger partial charge in [-0.05, 0) is 52.6 Å². The molecule has 1 unspecified atom stereocenters. The highest BCUT2D eigenvalue weighted by molar-refractivity contribution is 6.99. The van der Waals surface area contributed by atoms with Gasteiger partial charge in [0.2, 0.25) is 0 Å². The topological polar surface area (TPSA) is 36.9 Å². The minimum Gasteiger partial charge on any atom is -0.405 e. The Morgan fingerprint density at radius 2 is 1.24 bits per heavy atom. The fraction of sp³-hybridized carbons (Fsp3) is 0.500. The van der Waals surface area contributed by atoms with Gasteiger partial charge >= 0.3 is 0 Å². The average Bonchev–Trinajstić information content (AvgIpc) is 2.98. The maximum Gasteiger partial charge on any atom is 0.261 e. The molecule has 3 atom stereocenters. The maximum absolute atomic E-state index is 7.22. The Morgan fingerprint density at radius 3 is 1.78 bits per heavy atom. The summed E-state index contributed by atoms with van der Waals surface area (Å²) >= 11 is 0. The molecule has 4 rings (SSSR count). The zero-order valence-corrected chi connectivity index (χ0v) is 26.8. The summed E-state index contributed by atoms with van der Waals surface area (Å²) in [4.78, 5) is 0. The van der Waals surface area contributed by atoms with E-state index in [4.69, 9.17) is 18.6 Å². The molecule has 1 aliphatic rings. The van der Waals surface area contributed by atoms with Crippen LogP contribution in [-0.2, 0) is 25.2 Å². The number of rotatable bonds is 14. The Hall–Kier alpha value is -2.28. The van der Waals surface area contributed by atoms with E-state index in [1.165, 1.54) is 15.9 Å². The lowest BCUT2D eigenvalue weighted by Gasteiger charge is -2.43. The quantitative estimate of drug-likeness (QED) is 0.192. The summed E-state index contributed by atoms with van der Waals surface area (Å²) in [5, 5.41) is 2.49. The van der Waals surface area contributed by atoms with E-state index in [0.717, 1.165) is 25.7 Å². The largest absolute Gasteiger partial charge is 0.405 e. The molecule has 0 aromatic heterocycles. The van der Waals surface area contributed by atoms with Gasteiger partial charge in [-0.2, -0.15) is 0 Å². The highest BCUT2D eigenvalue weighted by Crippen LogP contribution is 2.37. The maximum atomic E-state index is 7.22. The van der Waals surface area contributed by atoms with E-state index < -0.39 is 8.32 Å². The summed E-state index contributed by atoms with van der Waals surface area (Å²) in [7, 11) is -2.65. The van der Waals surface area contributed by atoms with Crippen LogP contribution in [0.5, 0.6) is 0 Å². The van der Waals surface area contributed by atoms with Crippen molar-refractivity contribution in [1.82, 2.24) is 0 Å². The molecule has 3 aromatic carbocycles. The molecule has 0 N–H and O–H groups in total. The molecule has 41 heavy (non-hydrogen) atoms. The summed E-state index contributed by atoms with van der Waals surface area (Å²) in [5.41, 5.74) is 1.22. The average molecular weight is 575 g/mol. The normalized spacial score (nSPS) is 18.9. The van der Waals surface area contributed by atoms with Crippen molar-refractivity contribution in [2.45, 2.75) is 90.3 Å². The van der Waals surface area contributed by atoms with Gasteiger partial charge in [0.05, 0.1) is 32.0 Å². The predicted molar refractivity (Wildman–Crippen MR) is 171 cm³/mol. The van der Waals surface area contributed by atoms with E-state index in [-0.39, 0.29) is 23.4 Å². The van der Waals surface area contributed by atoms with Gasteiger partial charge in [-0.1, -0.05) is 126 Å². The SMILES string of the molecule is CC(C)COC(CO[C@H]1CCC[C@@H](OCc2ccccc2)C1)CO[Si](c1ccccc1)(c1ccccc1)C(C)(C)C. The summed E-state index contributed by atoms with van der Waals surface area (Å²) in [6.45, 7) is 13.7. The lowest BCUT2D eigenvalue weighted by Crippen LogP contribution is -2.67. The second-order valence-electron chi connectivity index (χ2n) is 12.9. The van der Waals surface area contributed by atoms with E-state index in [9.17, 15) is 0 Å². The van der Waals surface area contributed by atoms with E-state index in [1.807, 2.05) is 6.07 Å². The number of hydrogen-bond acceptors (Lipinski definition) is 4. The molecule has 0 saturated heterocycles. The van der Waals surface area contributed by atoms with Crippen molar-refractivity contribution >= 4 is 18.7 Å². The van der Waals surface area contributed by atoms with Crippen molar-refractivity contribution in [1.29, 1.82) is 0 Å². The van der Waals surface area contributed by atoms with Crippen LogP contribution in [0, 0.1) is 5.92 Å². The second-order valence-corrected chi connectivity index (χ2v) is 17.2. The van der Waals surface area contributed by atoms with Gasteiger partial charge < -0.3 is 18.6 Å². The smallest absolute Gasteiger partial charge is 0.261 e. The molecule has 3 aromatic rings. The van der Waals surface area contributed by atoms with Gasteiger partial charge in [-0.25, -0.2) is 0 Å². The summed E-state index contributed by atoms with van der Waals surface area (Å²) in [6.07, 6.45) is 4.50. The predicted octanol–water partition coefficient (Wildman–Crippen LogP) is 7.15. The molecule has 0 heterocycles. The number of hydrogen-bond donors (Lipinski definition) is 0. The van der Waals surface area contributed by atoms with Gasteiger partial charge in [0.25, 0.3) is 8.32 Å². The fourth-order valence-corrected chi connectivity index (χ4v) is 10.5. The van der Waals surface area contributed by atoms with Crippen LogP contribution in [0.1, 0.15) is 65.9 Å². The van der Waals surface area contributed by atoms with Gasteiger partial charge in [-0.15, -0.1) is 0 Å². The first-order valence-electron chi connectivity index (χ1n) is 15.4. The molecule has 1 aliphatic carbocycles. The minimum absolute atomic E-state index is 0.0775. The van der Waals surface area contributed by atoms with Crippen molar-refractivity contribution in [2.24, 2.45) is 5.92 Å². The zero-order chi connectivity index (χ0) is 29.1. The standard InChI is InChI=1S/C36H50O4Si/c1-29(2)25-37-33(27-39-32-19-15-18-31(24-32)38-26-30-16-9-6-10-17-30)28-40-41(36(3,4)5,34-20-11-7-12-21-34)35-22-13-8-14-23-35/h6-14,16-17,20-23,29,31-33H,15,18-19,24-28H2,1-5H3/t31-,32+,33?/m1/s1. The first kappa shape index (κ1) is 31.6. The van der Waals surface area contributed by atoms with Crippen LogP contribution in [0.15, 0.2) is 91.0 Å². The molecule has 222 valence electrons. The van der Waals surface area contributed by atoms with Crippen molar-refractivity contribution in [2.75, 3.05) is 19.8 Å². The Bertz CT molecular complexity index is 1090. The fourth-order valence-electron chi connectivity index (χ4n) is 5.89. The van der Waals surface area contributed by atoms with E-state index >= 15 is 0 Å². The molecule has 1 fully saturated rings. The third-order valence-corrected chi connectivity index (χ3v) is 13.0. The van der Waals surface area contributed by atoms with Gasteiger partial charge in [0.15, 0.2) is 0 Å².